The Balaban J connectivity index is 1.77. The van der Waals surface area contributed by atoms with E-state index in [1.54, 1.807) is 24.4 Å². The molecule has 3 rings (SSSR count). The second-order valence-corrected chi connectivity index (χ2v) is 7.67. The Morgan fingerprint density at radius 1 is 1.40 bits per heavy atom. The normalized spacial score (nSPS) is 18.0. The molecule has 130 valence electrons. The molecule has 8 heteroatoms. The molecule has 0 amide bonds. The second-order valence-electron chi connectivity index (χ2n) is 5.73. The van der Waals surface area contributed by atoms with Crippen molar-refractivity contribution in [2.24, 2.45) is 0 Å². The molecule has 0 radical (unpaired) electrons. The van der Waals surface area contributed by atoms with Crippen molar-refractivity contribution in [2.45, 2.75) is 24.3 Å². The number of benzene rings is 1. The highest BCUT2D eigenvalue weighted by molar-refractivity contribution is 7.89. The molecule has 6 nitrogen and oxygen atoms in total. The molecule has 1 aliphatic rings. The van der Waals surface area contributed by atoms with Gasteiger partial charge in [0.05, 0.1) is 22.7 Å². The molecule has 0 bridgehead atoms. The summed E-state index contributed by atoms with van der Waals surface area (Å²) < 4.78 is 46.0. The van der Waals surface area contributed by atoms with Gasteiger partial charge in [-0.15, -0.1) is 0 Å². The molecule has 1 atom stereocenters. The lowest BCUT2D eigenvalue weighted by Gasteiger charge is -2.18. The summed E-state index contributed by atoms with van der Waals surface area (Å²) >= 11 is 0. The zero-order valence-electron chi connectivity index (χ0n) is 13.5. The first-order chi connectivity index (χ1) is 11.9. The molecular formula is C17H16FN3O3S. The van der Waals surface area contributed by atoms with Gasteiger partial charge in [0.25, 0.3) is 0 Å². The monoisotopic (exact) mass is 361 g/mol. The Kier molecular flexibility index (Phi) is 4.70. The number of nitriles is 1. The number of ether oxygens (including phenoxy) is 1. The van der Waals surface area contributed by atoms with Gasteiger partial charge in [0.2, 0.25) is 10.0 Å². The van der Waals surface area contributed by atoms with E-state index in [2.05, 4.69) is 4.98 Å². The number of aromatic nitrogens is 1. The van der Waals surface area contributed by atoms with Crippen LogP contribution in [0.25, 0.3) is 0 Å². The van der Waals surface area contributed by atoms with Crippen LogP contribution in [-0.4, -0.2) is 36.9 Å². The van der Waals surface area contributed by atoms with Gasteiger partial charge in [0, 0.05) is 12.7 Å². The smallest absolute Gasteiger partial charge is 0.243 e. The maximum atomic E-state index is 13.4. The van der Waals surface area contributed by atoms with Gasteiger partial charge in [-0.2, -0.15) is 9.57 Å². The summed E-state index contributed by atoms with van der Waals surface area (Å²) in [6, 6.07) is 8.43. The Labute approximate surface area is 145 Å². The molecule has 0 saturated carbocycles. The van der Waals surface area contributed by atoms with Crippen molar-refractivity contribution >= 4 is 10.0 Å². The second kappa shape index (κ2) is 6.78. The van der Waals surface area contributed by atoms with Gasteiger partial charge in [0.1, 0.15) is 23.7 Å². The van der Waals surface area contributed by atoms with Crippen molar-refractivity contribution in [3.8, 4) is 11.8 Å². The number of hydrogen-bond donors (Lipinski definition) is 0. The topological polar surface area (TPSA) is 83.3 Å². The van der Waals surface area contributed by atoms with Crippen molar-refractivity contribution in [1.29, 1.82) is 5.26 Å². The number of hydrogen-bond acceptors (Lipinski definition) is 5. The van der Waals surface area contributed by atoms with Crippen LogP contribution in [0.5, 0.6) is 5.75 Å². The van der Waals surface area contributed by atoms with Gasteiger partial charge >= 0.3 is 0 Å². The van der Waals surface area contributed by atoms with Gasteiger partial charge in [0.15, 0.2) is 0 Å². The van der Waals surface area contributed by atoms with Crippen LogP contribution in [0.4, 0.5) is 4.39 Å². The number of pyridine rings is 1. The highest BCUT2D eigenvalue weighted by Gasteiger charge is 2.34. The first kappa shape index (κ1) is 17.3. The van der Waals surface area contributed by atoms with E-state index in [9.17, 15) is 12.8 Å². The van der Waals surface area contributed by atoms with E-state index in [1.165, 1.54) is 10.4 Å². The minimum atomic E-state index is -3.80. The maximum Gasteiger partial charge on any atom is 0.243 e. The van der Waals surface area contributed by atoms with E-state index >= 15 is 0 Å². The molecule has 2 aromatic rings. The standard InChI is InChI=1S/C17H16FN3O3S/c1-12-17(3-2-7-20-12)24-14-6-8-21(11-14)25(22,23)15-4-5-16(18)13(9-15)10-19/h2-5,7,9,14H,6,8,11H2,1H3/t14-/m0/s1. The molecule has 0 N–H and O–H groups in total. The van der Waals surface area contributed by atoms with E-state index in [0.29, 0.717) is 18.7 Å². The van der Waals surface area contributed by atoms with Crippen LogP contribution >= 0.6 is 0 Å². The van der Waals surface area contributed by atoms with E-state index in [-0.39, 0.29) is 23.1 Å². The molecular weight excluding hydrogens is 345 g/mol. The number of halogens is 1. The molecule has 0 aliphatic carbocycles. The van der Waals surface area contributed by atoms with Gasteiger partial charge in [-0.25, -0.2) is 12.8 Å². The molecule has 2 heterocycles. The van der Waals surface area contributed by atoms with Gasteiger partial charge < -0.3 is 4.74 Å². The van der Waals surface area contributed by atoms with Crippen LogP contribution in [0.3, 0.4) is 0 Å². The number of nitrogens with zero attached hydrogens (tertiary/aromatic N) is 3. The first-order valence-electron chi connectivity index (χ1n) is 7.70. The van der Waals surface area contributed by atoms with Gasteiger partial charge in [-0.1, -0.05) is 0 Å². The minimum Gasteiger partial charge on any atom is -0.487 e. The van der Waals surface area contributed by atoms with Crippen molar-refractivity contribution in [1.82, 2.24) is 9.29 Å². The number of sulfonamides is 1. The molecule has 1 saturated heterocycles. The first-order valence-corrected chi connectivity index (χ1v) is 9.14. The summed E-state index contributed by atoms with van der Waals surface area (Å²) in [5.41, 5.74) is 0.445. The lowest BCUT2D eigenvalue weighted by Crippen LogP contribution is -2.31. The quantitative estimate of drug-likeness (QED) is 0.834. The van der Waals surface area contributed by atoms with E-state index in [4.69, 9.17) is 10.00 Å². The highest BCUT2D eigenvalue weighted by Crippen LogP contribution is 2.26. The zero-order valence-corrected chi connectivity index (χ0v) is 14.3. The lowest BCUT2D eigenvalue weighted by molar-refractivity contribution is 0.213. The summed E-state index contributed by atoms with van der Waals surface area (Å²) in [5, 5.41) is 8.88. The predicted octanol–water partition coefficient (Wildman–Crippen LogP) is 2.24. The molecule has 0 unspecified atom stereocenters. The Bertz CT molecular complexity index is 940. The van der Waals surface area contributed by atoms with E-state index < -0.39 is 15.8 Å². The summed E-state index contributed by atoms with van der Waals surface area (Å²) in [6.07, 6.45) is 1.92. The van der Waals surface area contributed by atoms with E-state index in [0.717, 1.165) is 17.8 Å². The molecule has 0 spiro atoms. The van der Waals surface area contributed by atoms with Crippen LogP contribution in [-0.2, 0) is 10.0 Å². The molecule has 1 fully saturated rings. The van der Waals surface area contributed by atoms with Gasteiger partial charge in [-0.3, -0.25) is 4.98 Å². The van der Waals surface area contributed by atoms with Crippen LogP contribution in [0.15, 0.2) is 41.4 Å². The van der Waals surface area contributed by atoms with Crippen molar-refractivity contribution in [3.05, 3.63) is 53.6 Å². The third-order valence-electron chi connectivity index (χ3n) is 4.06. The Morgan fingerprint density at radius 3 is 2.92 bits per heavy atom. The Hall–Kier alpha value is -2.50. The summed E-state index contributed by atoms with van der Waals surface area (Å²) in [5.74, 6) is -0.114. The average molecular weight is 361 g/mol. The van der Waals surface area contributed by atoms with Crippen LogP contribution in [0.1, 0.15) is 17.7 Å². The van der Waals surface area contributed by atoms with E-state index in [1.807, 2.05) is 6.92 Å². The fraction of sp³-hybridized carbons (Fsp3) is 0.294. The Morgan fingerprint density at radius 2 is 2.20 bits per heavy atom. The summed E-state index contributed by atoms with van der Waals surface area (Å²) in [6.45, 7) is 2.31. The molecule has 1 aliphatic heterocycles. The third kappa shape index (κ3) is 3.48. The van der Waals surface area contributed by atoms with Crippen LogP contribution in [0, 0.1) is 24.1 Å². The third-order valence-corrected chi connectivity index (χ3v) is 5.92. The SMILES string of the molecule is Cc1ncccc1O[C@H]1CCN(S(=O)(=O)c2ccc(F)c(C#N)c2)C1. The fourth-order valence-electron chi connectivity index (χ4n) is 2.69. The average Bonchev–Trinajstić information content (AvgIpc) is 3.06. The largest absolute Gasteiger partial charge is 0.487 e. The number of rotatable bonds is 4. The van der Waals surface area contributed by atoms with Crippen LogP contribution in [0.2, 0.25) is 0 Å². The zero-order chi connectivity index (χ0) is 18.0. The maximum absolute atomic E-state index is 13.4. The van der Waals surface area contributed by atoms with Crippen molar-refractivity contribution in [3.63, 3.8) is 0 Å². The predicted molar refractivity (Wildman–Crippen MR) is 87.9 cm³/mol. The molecule has 25 heavy (non-hydrogen) atoms. The van der Waals surface area contributed by atoms with Gasteiger partial charge in [-0.05, 0) is 43.7 Å². The minimum absolute atomic E-state index is 0.0938. The molecule has 1 aromatic heterocycles. The fourth-order valence-corrected chi connectivity index (χ4v) is 4.20. The summed E-state index contributed by atoms with van der Waals surface area (Å²) in [4.78, 5) is 4.05. The van der Waals surface area contributed by atoms with Crippen LogP contribution < -0.4 is 4.74 Å². The molecule has 1 aromatic carbocycles. The highest BCUT2D eigenvalue weighted by atomic mass is 32.2. The lowest BCUT2D eigenvalue weighted by atomic mass is 10.2. The summed E-state index contributed by atoms with van der Waals surface area (Å²) in [7, 11) is -3.80. The van der Waals surface area contributed by atoms with Crippen molar-refractivity contribution < 1.29 is 17.5 Å². The van der Waals surface area contributed by atoms with Crippen molar-refractivity contribution in [2.75, 3.05) is 13.1 Å². The number of aryl methyl sites for hydroxylation is 1.